The molecule has 18 N–H and O–H groups in total. The minimum atomic E-state index is -1.44. The van der Waals surface area contributed by atoms with Gasteiger partial charge in [-0.3, -0.25) is 48.1 Å². The minimum absolute atomic E-state index is 0.128. The summed E-state index contributed by atoms with van der Waals surface area (Å²) in [7, 11) is 0. The van der Waals surface area contributed by atoms with Crippen molar-refractivity contribution in [3.05, 3.63) is 0 Å². The molecule has 2 fully saturated rings. The van der Waals surface area contributed by atoms with Crippen LogP contribution in [0.2, 0.25) is 0 Å². The number of unbranched alkanes of at least 4 members (excludes halogenated alkanes) is 6. The Morgan fingerprint density at radius 2 is 0.895 bits per heavy atom. The lowest BCUT2D eigenvalue weighted by atomic mass is 9.97. The molecule has 0 aromatic rings. The van der Waals surface area contributed by atoms with Crippen molar-refractivity contribution in [2.75, 3.05) is 98.6 Å². The highest BCUT2D eigenvalue weighted by Crippen LogP contribution is 2.24. The second-order valence-corrected chi connectivity index (χ2v) is 23.7. The van der Waals surface area contributed by atoms with Crippen molar-refractivity contribution in [1.29, 1.82) is 0 Å². The molecular formula is C61H112N10O24. The van der Waals surface area contributed by atoms with E-state index in [0.29, 0.717) is 83.5 Å². The number of rotatable bonds is 52. The Hall–Kier alpha value is -5.41. The van der Waals surface area contributed by atoms with E-state index in [9.17, 15) is 89.1 Å². The van der Waals surface area contributed by atoms with Crippen molar-refractivity contribution in [1.82, 2.24) is 52.8 Å². The topological polar surface area (TPSA) is 503 Å². The van der Waals surface area contributed by atoms with Gasteiger partial charge in [-0.15, -0.1) is 0 Å². The van der Waals surface area contributed by atoms with Crippen LogP contribution in [0.4, 0.5) is 0 Å². The molecule has 0 spiro atoms. The van der Waals surface area contributed by atoms with Crippen LogP contribution in [-0.4, -0.2) is 294 Å². The van der Waals surface area contributed by atoms with E-state index in [0.717, 1.165) is 0 Å². The molecule has 0 aliphatic carbocycles. The summed E-state index contributed by atoms with van der Waals surface area (Å²) in [5.41, 5.74) is 0. The SMILES string of the molecule is CCCC(C(=O)NCCCNC(=O)CCCCCOC1OC(CO)C(O)C(O)C1NC(C)=O)N(CC(=O)NCCCNC(=O)CCCCCOC1OC(CO)C(O)C(O)C1NC(C)=O)CC(=O)NCCCNC(=O)CCCCCOC(OC(CO)[C@@H](C)O)[C@H](CO)NC(C)=O. The van der Waals surface area contributed by atoms with Crippen LogP contribution in [-0.2, 0) is 71.6 Å². The molecule has 0 saturated carbocycles. The van der Waals surface area contributed by atoms with Gasteiger partial charge in [0.1, 0.15) is 60.9 Å². The van der Waals surface area contributed by atoms with Crippen LogP contribution < -0.4 is 47.9 Å². The number of hydrogen-bond donors (Lipinski definition) is 18. The molecule has 2 rings (SSSR count). The number of aliphatic hydroxyl groups is 9. The third-order valence-corrected chi connectivity index (χ3v) is 15.4. The van der Waals surface area contributed by atoms with E-state index in [1.165, 1.54) is 32.6 Å². The second kappa shape index (κ2) is 50.0. The lowest BCUT2D eigenvalue weighted by Gasteiger charge is -2.42. The fraction of sp³-hybridized carbons (Fsp3) is 0.852. The first-order valence-electron chi connectivity index (χ1n) is 33.2. The Morgan fingerprint density at radius 3 is 1.25 bits per heavy atom. The van der Waals surface area contributed by atoms with Crippen LogP contribution in [0.15, 0.2) is 0 Å². The smallest absolute Gasteiger partial charge is 0.237 e. The van der Waals surface area contributed by atoms with Gasteiger partial charge in [0, 0.05) is 99.1 Å². The number of carbonyl (C=O) groups is 9. The van der Waals surface area contributed by atoms with Crippen molar-refractivity contribution in [3.8, 4) is 0 Å². The standard InChI is InChI=1S/C61H112N10O24/c1-6-19-43(58(89)67-28-18-25-64-49(82)22-12-9-15-31-92-61-53(70-41(5)79)57(88)55(86)46(37-75)95-61)71(32-50(83)65-26-16-23-62-47(80)20-10-7-13-29-90-59(42(34-72)68-39(3)77)93-44(35-73)38(2)76)33-51(84)66-27-17-24-63-48(81)21-11-8-14-30-91-60-52(69-40(4)78)56(87)54(85)45(36-74)94-60/h38,42-46,52-57,59-61,72-76,85-88H,6-37H2,1-5H3,(H,62,80)(H,63,81)(H,64,82)(H,65,83)(H,66,84)(H,67,89)(H,68,77)(H,69,78)(H,70,79)/t38-,42+,43?,44?,45?,46?,52?,53?,54?,55?,56?,57?,59?,60?,61?/m1/s1. The van der Waals surface area contributed by atoms with Gasteiger partial charge in [-0.05, 0) is 71.1 Å². The van der Waals surface area contributed by atoms with E-state index in [2.05, 4.69) is 47.9 Å². The number of ether oxygens (including phenoxy) is 6. The summed E-state index contributed by atoms with van der Waals surface area (Å²) in [4.78, 5) is 115. The molecule has 550 valence electrons. The van der Waals surface area contributed by atoms with Crippen LogP contribution >= 0.6 is 0 Å². The van der Waals surface area contributed by atoms with Crippen molar-refractivity contribution >= 4 is 53.2 Å². The largest absolute Gasteiger partial charge is 0.394 e. The van der Waals surface area contributed by atoms with Crippen LogP contribution in [0.5, 0.6) is 0 Å². The van der Waals surface area contributed by atoms with E-state index < -0.39 is 154 Å². The predicted molar refractivity (Wildman–Crippen MR) is 338 cm³/mol. The van der Waals surface area contributed by atoms with Crippen molar-refractivity contribution < 1.29 is 118 Å². The van der Waals surface area contributed by atoms with Crippen LogP contribution in [0.1, 0.15) is 144 Å². The number of aliphatic hydroxyl groups excluding tert-OH is 9. The molecule has 95 heavy (non-hydrogen) atoms. The summed E-state index contributed by atoms with van der Waals surface area (Å²) >= 11 is 0. The number of carbonyl (C=O) groups excluding carboxylic acids is 9. The van der Waals surface area contributed by atoms with Gasteiger partial charge in [0.15, 0.2) is 18.9 Å². The minimum Gasteiger partial charge on any atom is -0.394 e. The second-order valence-electron chi connectivity index (χ2n) is 23.7. The molecule has 2 heterocycles. The summed E-state index contributed by atoms with van der Waals surface area (Å²) in [6.07, 6.45) is -6.24. The zero-order valence-corrected chi connectivity index (χ0v) is 55.9. The first-order chi connectivity index (χ1) is 45.4. The Bertz CT molecular complexity index is 2230. The fourth-order valence-corrected chi connectivity index (χ4v) is 10.2. The number of hydrogen-bond acceptors (Lipinski definition) is 25. The summed E-state index contributed by atoms with van der Waals surface area (Å²) in [5.74, 6) is -3.44. The van der Waals surface area contributed by atoms with Gasteiger partial charge in [-0.25, -0.2) is 0 Å². The van der Waals surface area contributed by atoms with Crippen LogP contribution in [0, 0.1) is 0 Å². The van der Waals surface area contributed by atoms with Gasteiger partial charge in [-0.2, -0.15) is 0 Å². The fourth-order valence-electron chi connectivity index (χ4n) is 10.2. The average molecular weight is 1370 g/mol. The van der Waals surface area contributed by atoms with Gasteiger partial charge >= 0.3 is 0 Å². The number of amides is 9. The quantitative estimate of drug-likeness (QED) is 0.0200. The van der Waals surface area contributed by atoms with E-state index in [1.807, 2.05) is 6.92 Å². The van der Waals surface area contributed by atoms with Crippen molar-refractivity contribution in [2.24, 2.45) is 0 Å². The highest BCUT2D eigenvalue weighted by molar-refractivity contribution is 5.86. The highest BCUT2D eigenvalue weighted by atomic mass is 16.7. The van der Waals surface area contributed by atoms with Gasteiger partial charge < -0.3 is 122 Å². The summed E-state index contributed by atoms with van der Waals surface area (Å²) in [5, 5.41) is 114. The van der Waals surface area contributed by atoms with E-state index >= 15 is 0 Å². The zero-order valence-electron chi connectivity index (χ0n) is 55.9. The maximum atomic E-state index is 13.8. The molecule has 2 aliphatic rings. The lowest BCUT2D eigenvalue weighted by molar-refractivity contribution is -0.270. The van der Waals surface area contributed by atoms with E-state index in [-0.39, 0.29) is 116 Å². The van der Waals surface area contributed by atoms with Crippen molar-refractivity contribution in [2.45, 2.75) is 236 Å². The first kappa shape index (κ1) is 85.7. The summed E-state index contributed by atoms with van der Waals surface area (Å²) in [6, 6.07) is -4.00. The van der Waals surface area contributed by atoms with Crippen LogP contribution in [0.25, 0.3) is 0 Å². The normalized spacial score (nSPS) is 22.6. The van der Waals surface area contributed by atoms with Crippen molar-refractivity contribution in [3.63, 3.8) is 0 Å². The Morgan fingerprint density at radius 1 is 0.495 bits per heavy atom. The number of nitrogens with zero attached hydrogens (tertiary/aromatic N) is 1. The zero-order chi connectivity index (χ0) is 70.7. The molecule has 0 aromatic heterocycles. The Kier molecular flexibility index (Phi) is 45.1. The Balaban J connectivity index is 1.89. The molecule has 0 bridgehead atoms. The number of nitrogens with one attached hydrogen (secondary N) is 9. The van der Waals surface area contributed by atoms with E-state index in [4.69, 9.17) is 28.4 Å². The van der Waals surface area contributed by atoms with Gasteiger partial charge in [0.2, 0.25) is 53.2 Å². The van der Waals surface area contributed by atoms with Gasteiger partial charge in [-0.1, -0.05) is 32.6 Å². The first-order valence-corrected chi connectivity index (χ1v) is 33.2. The average Bonchev–Trinajstić information content (AvgIpc) is 1.63. The lowest BCUT2D eigenvalue weighted by Crippen LogP contribution is -2.64. The third kappa shape index (κ3) is 35.6. The molecule has 34 heteroatoms. The third-order valence-electron chi connectivity index (χ3n) is 15.4. The Labute approximate surface area is 556 Å². The molecule has 34 nitrogen and oxygen atoms in total. The summed E-state index contributed by atoms with van der Waals surface area (Å²) < 4.78 is 34.0. The maximum absolute atomic E-state index is 13.8. The molecule has 0 radical (unpaired) electrons. The molecule has 0 aromatic carbocycles. The maximum Gasteiger partial charge on any atom is 0.237 e. The van der Waals surface area contributed by atoms with Gasteiger partial charge in [0.25, 0.3) is 0 Å². The summed E-state index contributed by atoms with van der Waals surface area (Å²) in [6.45, 7) is 5.76. The van der Waals surface area contributed by atoms with E-state index in [1.54, 1.807) is 0 Å². The molecule has 15 atom stereocenters. The van der Waals surface area contributed by atoms with Crippen LogP contribution in [0.3, 0.4) is 0 Å². The monoisotopic (exact) mass is 1370 g/mol. The predicted octanol–water partition coefficient (Wildman–Crippen LogP) is -5.48. The molecular weight excluding hydrogens is 1260 g/mol. The molecule has 13 unspecified atom stereocenters. The van der Waals surface area contributed by atoms with Gasteiger partial charge in [0.05, 0.1) is 51.7 Å². The highest BCUT2D eigenvalue weighted by Gasteiger charge is 2.47. The molecule has 9 amide bonds. The molecule has 2 aliphatic heterocycles. The molecule has 2 saturated heterocycles.